The number of amides is 1. The van der Waals surface area contributed by atoms with E-state index in [-0.39, 0.29) is 18.6 Å². The van der Waals surface area contributed by atoms with Crippen molar-refractivity contribution in [2.24, 2.45) is 0 Å². The Hall–Kier alpha value is -2.47. The molecule has 4 N–H and O–H groups in total. The molecule has 36 heavy (non-hydrogen) atoms. The fraction of sp³-hybridized carbons (Fsp3) is 0.400. The maximum atomic E-state index is 12.1. The van der Waals surface area contributed by atoms with Gasteiger partial charge >= 0.3 is 10.2 Å². The fourth-order valence-corrected chi connectivity index (χ4v) is 4.11. The van der Waals surface area contributed by atoms with Gasteiger partial charge in [-0.2, -0.15) is 0 Å². The number of carbonyl (C=O) groups excluding carboxylic acids is 1. The first-order valence-corrected chi connectivity index (χ1v) is 13.2. The maximum Gasteiger partial charge on any atom is 0.310 e. The van der Waals surface area contributed by atoms with Crippen LogP contribution in [0.1, 0.15) is 60.6 Å². The Morgan fingerprint density at radius 1 is 1.08 bits per heavy atom. The van der Waals surface area contributed by atoms with Gasteiger partial charge in [0.25, 0.3) is 0 Å². The van der Waals surface area contributed by atoms with Crippen molar-refractivity contribution in [2.45, 2.75) is 50.2 Å². The van der Waals surface area contributed by atoms with E-state index in [0.29, 0.717) is 35.7 Å². The molecule has 0 saturated carbocycles. The number of aliphatic hydroxyl groups excluding tert-OH is 2. The highest BCUT2D eigenvalue weighted by Crippen LogP contribution is 3.02. The molecule has 0 bridgehead atoms. The van der Waals surface area contributed by atoms with Gasteiger partial charge in [-0.05, 0) is 61.2 Å². The number of nitrogens with one attached hydrogen (secondary N) is 2. The number of halogens is 5. The number of benzene rings is 2. The van der Waals surface area contributed by atoms with Crippen LogP contribution in [-0.2, 0) is 4.79 Å². The highest BCUT2D eigenvalue weighted by molar-refractivity contribution is 8.45. The lowest BCUT2D eigenvalue weighted by Crippen LogP contribution is -2.34. The van der Waals surface area contributed by atoms with Gasteiger partial charge in [0.1, 0.15) is 11.0 Å². The summed E-state index contributed by atoms with van der Waals surface area (Å²) in [7, 11) is -7.64. The third-order valence-electron chi connectivity index (χ3n) is 5.68. The van der Waals surface area contributed by atoms with Crippen molar-refractivity contribution in [1.29, 1.82) is 0 Å². The molecular weight excluding hydrogens is 503 g/mol. The van der Waals surface area contributed by atoms with Crippen molar-refractivity contribution in [2.75, 3.05) is 20.2 Å². The molecule has 5 nitrogen and oxygen atoms in total. The Labute approximate surface area is 209 Å². The summed E-state index contributed by atoms with van der Waals surface area (Å²) in [6, 6.07) is 8.40. The Kier molecular flexibility index (Phi) is 10.3. The van der Waals surface area contributed by atoms with Crippen LogP contribution in [0.3, 0.4) is 0 Å². The molecule has 204 valence electrons. The molecule has 1 amide bonds. The minimum absolute atomic E-state index is 0.166. The van der Waals surface area contributed by atoms with Crippen LogP contribution in [-0.4, -0.2) is 36.3 Å². The standard InChI is InChI=1S/C18H28N2O3.C7H7F5S/c1-5-12(3)13-8-7-9-14(16(22)11-21)18(13)15(19-4)10-20-17(23)6-2;1-6-2-4-7(5-3-6)13(8,9,10,11)12/h6-9,12,15-16,19,21-22H,2,5,10-11H2,1,3-4H3,(H,20,23);2-5H,1H3. The molecule has 2 aromatic rings. The second-order valence-electron chi connectivity index (χ2n) is 8.43. The Morgan fingerprint density at radius 3 is 2.08 bits per heavy atom. The summed E-state index contributed by atoms with van der Waals surface area (Å²) in [5.74, 6) is 0.0670. The molecular formula is C25H35F5N2O3S. The maximum absolute atomic E-state index is 12.1. The predicted octanol–water partition coefficient (Wildman–Crippen LogP) is 6.44. The van der Waals surface area contributed by atoms with Crippen molar-refractivity contribution in [3.63, 3.8) is 0 Å². The summed E-state index contributed by atoms with van der Waals surface area (Å²) in [5, 5.41) is 25.5. The zero-order valence-corrected chi connectivity index (χ0v) is 21.6. The van der Waals surface area contributed by atoms with Crippen LogP contribution in [0.2, 0.25) is 0 Å². The number of hydrogen-bond donors (Lipinski definition) is 4. The molecule has 3 atom stereocenters. The third-order valence-corrected chi connectivity index (χ3v) is 6.84. The second kappa shape index (κ2) is 11.7. The Morgan fingerprint density at radius 2 is 1.64 bits per heavy atom. The van der Waals surface area contributed by atoms with E-state index in [1.807, 2.05) is 25.2 Å². The molecule has 0 aromatic heterocycles. The third kappa shape index (κ3) is 9.20. The topological polar surface area (TPSA) is 81.6 Å². The predicted molar refractivity (Wildman–Crippen MR) is 135 cm³/mol. The van der Waals surface area contributed by atoms with E-state index in [9.17, 15) is 34.4 Å². The van der Waals surface area contributed by atoms with Crippen LogP contribution >= 0.6 is 10.2 Å². The van der Waals surface area contributed by atoms with Gasteiger partial charge in [0.15, 0.2) is 0 Å². The van der Waals surface area contributed by atoms with Gasteiger partial charge in [-0.1, -0.05) is 75.8 Å². The fourth-order valence-electron chi connectivity index (χ4n) is 3.46. The number of likely N-dealkylation sites (N-methyl/N-ethyl adjacent to an activating group) is 1. The Bertz CT molecular complexity index is 1000. The first kappa shape index (κ1) is 31.6. The molecule has 0 fully saturated rings. The highest BCUT2D eigenvalue weighted by Gasteiger charge is 2.65. The largest absolute Gasteiger partial charge is 0.393 e. The van der Waals surface area contributed by atoms with E-state index in [1.54, 1.807) is 0 Å². The molecule has 2 aromatic carbocycles. The van der Waals surface area contributed by atoms with Gasteiger partial charge in [0.05, 0.1) is 12.6 Å². The molecule has 0 aliphatic carbocycles. The zero-order valence-electron chi connectivity index (χ0n) is 20.8. The molecule has 0 spiro atoms. The smallest absolute Gasteiger partial charge is 0.310 e. The molecule has 0 saturated heterocycles. The number of carbonyl (C=O) groups is 1. The van der Waals surface area contributed by atoms with E-state index >= 15 is 0 Å². The van der Waals surface area contributed by atoms with Crippen LogP contribution in [0.4, 0.5) is 19.4 Å². The lowest BCUT2D eigenvalue weighted by atomic mass is 9.85. The van der Waals surface area contributed by atoms with E-state index in [0.717, 1.165) is 29.7 Å². The van der Waals surface area contributed by atoms with E-state index in [4.69, 9.17) is 0 Å². The van der Waals surface area contributed by atoms with Crippen molar-refractivity contribution in [1.82, 2.24) is 10.6 Å². The van der Waals surface area contributed by atoms with Crippen molar-refractivity contribution >= 4 is 16.1 Å². The first-order valence-electron chi connectivity index (χ1n) is 11.3. The van der Waals surface area contributed by atoms with Gasteiger partial charge in [0.2, 0.25) is 5.91 Å². The highest BCUT2D eigenvalue weighted by atomic mass is 32.5. The van der Waals surface area contributed by atoms with Crippen molar-refractivity contribution in [3.05, 3.63) is 77.4 Å². The summed E-state index contributed by atoms with van der Waals surface area (Å²) in [6.45, 7) is 9.24. The number of aryl methyl sites for hydroxylation is 1. The molecule has 11 heteroatoms. The van der Waals surface area contributed by atoms with E-state index in [2.05, 4.69) is 31.1 Å². The van der Waals surface area contributed by atoms with Crippen LogP contribution in [0.25, 0.3) is 0 Å². The normalized spacial score (nSPS) is 15.9. The SMILES string of the molecule is C=CC(=O)NCC(NC)c1c(C(C)CC)cccc1C(O)CO.Cc1ccc(S(F)(F)(F)(F)F)cc1. The van der Waals surface area contributed by atoms with Gasteiger partial charge in [0, 0.05) is 6.54 Å². The minimum Gasteiger partial charge on any atom is -0.393 e. The lowest BCUT2D eigenvalue weighted by Gasteiger charge is -2.40. The molecule has 0 aliphatic heterocycles. The average Bonchev–Trinajstić information content (AvgIpc) is 2.82. The quantitative estimate of drug-likeness (QED) is 0.207. The first-order chi connectivity index (χ1) is 16.5. The van der Waals surface area contributed by atoms with Crippen molar-refractivity contribution in [3.8, 4) is 0 Å². The second-order valence-corrected chi connectivity index (χ2v) is 10.8. The van der Waals surface area contributed by atoms with Gasteiger partial charge < -0.3 is 20.8 Å². The van der Waals surface area contributed by atoms with E-state index < -0.39 is 21.2 Å². The average molecular weight is 539 g/mol. The van der Waals surface area contributed by atoms with Gasteiger partial charge in [-0.3, -0.25) is 4.79 Å². The van der Waals surface area contributed by atoms with Crippen LogP contribution in [0.5, 0.6) is 0 Å². The summed E-state index contributed by atoms with van der Waals surface area (Å²) in [6.07, 6.45) is 1.25. The van der Waals surface area contributed by atoms with Crippen LogP contribution in [0, 0.1) is 6.92 Å². The van der Waals surface area contributed by atoms with Crippen LogP contribution < -0.4 is 10.6 Å². The summed E-state index contributed by atoms with van der Waals surface area (Å²) in [4.78, 5) is 9.63. The number of hydrogen-bond acceptors (Lipinski definition) is 4. The van der Waals surface area contributed by atoms with Crippen LogP contribution in [0.15, 0.2) is 60.0 Å². The molecule has 3 unspecified atom stereocenters. The number of rotatable bonds is 10. The molecule has 0 aliphatic rings. The van der Waals surface area contributed by atoms with E-state index in [1.165, 1.54) is 13.0 Å². The summed E-state index contributed by atoms with van der Waals surface area (Å²) < 4.78 is 60.4. The molecule has 2 rings (SSSR count). The minimum atomic E-state index is -9.45. The molecule has 0 radical (unpaired) electrons. The zero-order chi connectivity index (χ0) is 27.8. The summed E-state index contributed by atoms with van der Waals surface area (Å²) in [5.41, 5.74) is 3.25. The van der Waals surface area contributed by atoms with Crippen molar-refractivity contribution < 1.29 is 34.4 Å². The van der Waals surface area contributed by atoms with Gasteiger partial charge in [-0.15, -0.1) is 0 Å². The monoisotopic (exact) mass is 538 g/mol. The lowest BCUT2D eigenvalue weighted by molar-refractivity contribution is -0.116. The molecule has 0 heterocycles. The number of aliphatic hydroxyl groups is 2. The summed E-state index contributed by atoms with van der Waals surface area (Å²) >= 11 is 0. The Balaban J connectivity index is 0.000000420. The van der Waals surface area contributed by atoms with Gasteiger partial charge in [-0.25, -0.2) is 0 Å².